The molecule has 0 atom stereocenters. The van der Waals surface area contributed by atoms with Gasteiger partial charge in [-0.05, 0) is 24.8 Å². The van der Waals surface area contributed by atoms with E-state index >= 15 is 0 Å². The summed E-state index contributed by atoms with van der Waals surface area (Å²) in [6.07, 6.45) is 0.680. The summed E-state index contributed by atoms with van der Waals surface area (Å²) in [6.45, 7) is 3.52. The molecule has 7 nitrogen and oxygen atoms in total. The van der Waals surface area contributed by atoms with Gasteiger partial charge in [0, 0.05) is 12.1 Å². The van der Waals surface area contributed by atoms with Crippen molar-refractivity contribution in [1.82, 2.24) is 19.7 Å². The molecule has 0 aliphatic carbocycles. The number of nitrogens with zero attached hydrogens (tertiary/aromatic N) is 4. The third-order valence-corrected chi connectivity index (χ3v) is 5.04. The summed E-state index contributed by atoms with van der Waals surface area (Å²) in [5.41, 5.74) is 2.68. The standard InChI is InChI=1S/C15H17N5O2S/c1-9-16-11-3-7-23-13(11)14(17-9)19-4-2-10-12(8-19)18-20(5-6-21)15(10)22/h3,7,18,21H,2,4-6,8H2,1H3. The lowest BCUT2D eigenvalue weighted by Crippen LogP contribution is -2.33. The van der Waals surface area contributed by atoms with E-state index in [1.807, 2.05) is 18.4 Å². The lowest BCUT2D eigenvalue weighted by molar-refractivity contribution is 0.267. The minimum Gasteiger partial charge on any atom is -0.394 e. The average molecular weight is 331 g/mol. The average Bonchev–Trinajstić information content (AvgIpc) is 3.12. The summed E-state index contributed by atoms with van der Waals surface area (Å²) in [7, 11) is 0. The van der Waals surface area contributed by atoms with Gasteiger partial charge in [-0.3, -0.25) is 14.6 Å². The molecule has 0 aromatic carbocycles. The fraction of sp³-hybridized carbons (Fsp3) is 0.400. The summed E-state index contributed by atoms with van der Waals surface area (Å²) in [6, 6.07) is 2.01. The van der Waals surface area contributed by atoms with E-state index in [1.54, 1.807) is 11.3 Å². The highest BCUT2D eigenvalue weighted by Gasteiger charge is 2.25. The molecule has 3 aromatic rings. The molecule has 0 spiro atoms. The number of H-pyrrole nitrogens is 1. The zero-order valence-electron chi connectivity index (χ0n) is 12.7. The Morgan fingerprint density at radius 1 is 1.43 bits per heavy atom. The number of aliphatic hydroxyl groups excluding tert-OH is 1. The molecule has 0 radical (unpaired) electrons. The Kier molecular flexibility index (Phi) is 3.42. The van der Waals surface area contributed by atoms with Gasteiger partial charge in [0.15, 0.2) is 5.82 Å². The van der Waals surface area contributed by atoms with Gasteiger partial charge < -0.3 is 10.0 Å². The number of aliphatic hydroxyl groups is 1. The summed E-state index contributed by atoms with van der Waals surface area (Å²) < 4.78 is 2.57. The minimum absolute atomic E-state index is 0.0196. The molecule has 0 bridgehead atoms. The largest absolute Gasteiger partial charge is 0.394 e. The van der Waals surface area contributed by atoms with E-state index in [0.29, 0.717) is 19.5 Å². The Morgan fingerprint density at radius 2 is 2.30 bits per heavy atom. The highest BCUT2D eigenvalue weighted by molar-refractivity contribution is 7.17. The van der Waals surface area contributed by atoms with Crippen molar-refractivity contribution in [3.63, 3.8) is 0 Å². The second-order valence-corrected chi connectivity index (χ2v) is 6.57. The lowest BCUT2D eigenvalue weighted by Gasteiger charge is -2.27. The summed E-state index contributed by atoms with van der Waals surface area (Å²) in [5.74, 6) is 1.69. The maximum Gasteiger partial charge on any atom is 0.270 e. The van der Waals surface area contributed by atoms with Crippen molar-refractivity contribution < 1.29 is 5.11 Å². The maximum atomic E-state index is 12.3. The summed E-state index contributed by atoms with van der Waals surface area (Å²) in [5, 5.41) is 14.2. The number of rotatable bonds is 3. The fourth-order valence-corrected chi connectivity index (χ4v) is 3.94. The molecule has 120 valence electrons. The molecule has 0 unspecified atom stereocenters. The first-order valence-electron chi connectivity index (χ1n) is 7.55. The van der Waals surface area contributed by atoms with Crippen molar-refractivity contribution in [1.29, 1.82) is 0 Å². The first-order valence-corrected chi connectivity index (χ1v) is 8.43. The van der Waals surface area contributed by atoms with E-state index < -0.39 is 0 Å². The molecule has 2 N–H and O–H groups in total. The molecule has 0 amide bonds. The van der Waals surface area contributed by atoms with Gasteiger partial charge in [0.05, 0.1) is 35.6 Å². The molecule has 8 heteroatoms. The van der Waals surface area contributed by atoms with E-state index in [9.17, 15) is 4.79 Å². The Hall–Kier alpha value is -2.19. The summed E-state index contributed by atoms with van der Waals surface area (Å²) >= 11 is 1.64. The van der Waals surface area contributed by atoms with Crippen LogP contribution in [0.3, 0.4) is 0 Å². The number of aromatic nitrogens is 4. The smallest absolute Gasteiger partial charge is 0.270 e. The molecule has 1 aliphatic heterocycles. The molecule has 0 saturated heterocycles. The van der Waals surface area contributed by atoms with Crippen LogP contribution in [-0.2, 0) is 19.5 Å². The van der Waals surface area contributed by atoms with Gasteiger partial charge in [0.1, 0.15) is 5.82 Å². The SMILES string of the molecule is Cc1nc(N2CCc3c([nH]n(CCO)c3=O)C2)c2sccc2n1. The van der Waals surface area contributed by atoms with Gasteiger partial charge in [0.25, 0.3) is 5.56 Å². The molecule has 3 aromatic heterocycles. The van der Waals surface area contributed by atoms with E-state index in [1.165, 1.54) is 4.68 Å². The number of hydrogen-bond acceptors (Lipinski definition) is 6. The topological polar surface area (TPSA) is 87.0 Å². The first-order chi connectivity index (χ1) is 11.2. The Morgan fingerprint density at radius 3 is 3.13 bits per heavy atom. The highest BCUT2D eigenvalue weighted by Crippen LogP contribution is 2.31. The van der Waals surface area contributed by atoms with Crippen LogP contribution in [0.5, 0.6) is 0 Å². The third kappa shape index (κ3) is 2.34. The van der Waals surface area contributed by atoms with Crippen molar-refractivity contribution in [2.45, 2.75) is 26.4 Å². The van der Waals surface area contributed by atoms with E-state index in [-0.39, 0.29) is 12.2 Å². The van der Waals surface area contributed by atoms with Gasteiger partial charge >= 0.3 is 0 Å². The van der Waals surface area contributed by atoms with Crippen LogP contribution >= 0.6 is 11.3 Å². The van der Waals surface area contributed by atoms with Gasteiger partial charge in [-0.15, -0.1) is 11.3 Å². The van der Waals surface area contributed by atoms with Crippen LogP contribution in [0.1, 0.15) is 17.1 Å². The van der Waals surface area contributed by atoms with Crippen LogP contribution in [0.15, 0.2) is 16.2 Å². The first kappa shape index (κ1) is 14.4. The second-order valence-electron chi connectivity index (χ2n) is 5.65. The number of hydrogen-bond donors (Lipinski definition) is 2. The Labute approximate surface area is 136 Å². The van der Waals surface area contributed by atoms with Crippen molar-refractivity contribution >= 4 is 27.4 Å². The molecule has 23 heavy (non-hydrogen) atoms. The van der Waals surface area contributed by atoms with Gasteiger partial charge in [-0.1, -0.05) is 0 Å². The molecule has 1 aliphatic rings. The Bertz CT molecular complexity index is 926. The fourth-order valence-electron chi connectivity index (χ4n) is 3.09. The van der Waals surface area contributed by atoms with E-state index in [0.717, 1.165) is 39.7 Å². The zero-order valence-corrected chi connectivity index (χ0v) is 13.6. The highest BCUT2D eigenvalue weighted by atomic mass is 32.1. The molecular formula is C15H17N5O2S. The van der Waals surface area contributed by atoms with Crippen molar-refractivity contribution in [3.8, 4) is 0 Å². The van der Waals surface area contributed by atoms with Crippen molar-refractivity contribution in [2.24, 2.45) is 0 Å². The Balaban J connectivity index is 1.73. The second kappa shape index (κ2) is 5.47. The number of thiophene rings is 1. The van der Waals surface area contributed by atoms with E-state index in [4.69, 9.17) is 5.11 Å². The number of aryl methyl sites for hydroxylation is 1. The summed E-state index contributed by atoms with van der Waals surface area (Å²) in [4.78, 5) is 23.5. The third-order valence-electron chi connectivity index (χ3n) is 4.14. The minimum atomic E-state index is -0.0516. The van der Waals surface area contributed by atoms with Crippen LogP contribution in [0, 0.1) is 6.92 Å². The van der Waals surface area contributed by atoms with Crippen LogP contribution in [0.2, 0.25) is 0 Å². The van der Waals surface area contributed by atoms with Crippen molar-refractivity contribution in [2.75, 3.05) is 18.1 Å². The number of nitrogens with one attached hydrogen (secondary N) is 1. The predicted octanol–water partition coefficient (Wildman–Crippen LogP) is 1.04. The van der Waals surface area contributed by atoms with Gasteiger partial charge in [0.2, 0.25) is 0 Å². The molecule has 4 rings (SSSR count). The number of aromatic amines is 1. The lowest BCUT2D eigenvalue weighted by atomic mass is 10.1. The van der Waals surface area contributed by atoms with E-state index in [2.05, 4.69) is 20.0 Å². The normalized spacial score (nSPS) is 14.4. The predicted molar refractivity (Wildman–Crippen MR) is 89.0 cm³/mol. The zero-order chi connectivity index (χ0) is 16.0. The van der Waals surface area contributed by atoms with Crippen molar-refractivity contribution in [3.05, 3.63) is 38.9 Å². The maximum absolute atomic E-state index is 12.3. The van der Waals surface area contributed by atoms with Crippen LogP contribution < -0.4 is 10.5 Å². The quantitative estimate of drug-likeness (QED) is 0.749. The van der Waals surface area contributed by atoms with Crippen LogP contribution in [0.25, 0.3) is 10.2 Å². The van der Waals surface area contributed by atoms with Gasteiger partial charge in [-0.25, -0.2) is 9.97 Å². The van der Waals surface area contributed by atoms with Crippen LogP contribution in [-0.4, -0.2) is 38.0 Å². The monoisotopic (exact) mass is 331 g/mol. The van der Waals surface area contributed by atoms with Crippen LogP contribution in [0.4, 0.5) is 5.82 Å². The molecule has 4 heterocycles. The van der Waals surface area contributed by atoms with Gasteiger partial charge in [-0.2, -0.15) is 0 Å². The molecular weight excluding hydrogens is 314 g/mol. The number of fused-ring (bicyclic) bond motifs is 2. The number of anilines is 1. The molecule has 0 fully saturated rings. The molecule has 0 saturated carbocycles.